The van der Waals surface area contributed by atoms with E-state index < -0.39 is 18.0 Å². The smallest absolute Gasteiger partial charge is 0.543 e. The third-order valence-corrected chi connectivity index (χ3v) is 5.61. The second kappa shape index (κ2) is 7.58. The van der Waals surface area contributed by atoms with Crippen molar-refractivity contribution in [3.63, 3.8) is 0 Å². The number of nitrogens with zero attached hydrogens (tertiary/aromatic N) is 2. The minimum absolute atomic E-state index is 0. The molecule has 0 spiro atoms. The molecule has 2 unspecified atom stereocenters. The molecule has 8 heteroatoms. The molecule has 4 atom stereocenters. The largest absolute Gasteiger partial charge is 1.00 e. The van der Waals surface area contributed by atoms with E-state index in [1.807, 2.05) is 19.1 Å². The second-order valence-electron chi connectivity index (χ2n) is 5.89. The Balaban J connectivity index is 0.00000208. The van der Waals surface area contributed by atoms with E-state index in [0.29, 0.717) is 11.3 Å². The number of carbonyl (C=O) groups excluding carboxylic acids is 2. The minimum atomic E-state index is -1.33. The van der Waals surface area contributed by atoms with Crippen LogP contribution in [0.4, 0.5) is 0 Å². The Morgan fingerprint density at radius 3 is 2.62 bits per heavy atom. The molecule has 2 aliphatic rings. The standard InChI is InChI=1S/C16H18N2O4S.Na/c1-8-11(7-23-10-3-5-17-6-4-10)14(16(21)22)18-13(8)12(9(2)19)15(18)20;/h3-6,8-9,12-13,19H,7H2,1-2H3,(H,21,22);/q;+1/p-1/t8?,9?,12-,13+;/m0./s1. The molecule has 122 valence electrons. The SMILES string of the molecule is CC1C(CSc2ccncc2)=C(C(=O)[O-])N2C(=O)[C@@H](C(C)O)[C@@H]12.[Na+]. The van der Waals surface area contributed by atoms with Crippen molar-refractivity contribution in [2.45, 2.75) is 30.9 Å². The predicted octanol–water partition coefficient (Wildman–Crippen LogP) is -2.96. The molecule has 0 aromatic carbocycles. The zero-order chi connectivity index (χ0) is 16.7. The number of aliphatic hydroxyl groups is 1. The van der Waals surface area contributed by atoms with Gasteiger partial charge in [-0.25, -0.2) is 0 Å². The van der Waals surface area contributed by atoms with Crippen LogP contribution in [0.15, 0.2) is 40.7 Å². The van der Waals surface area contributed by atoms with Gasteiger partial charge in [-0.1, -0.05) is 6.92 Å². The summed E-state index contributed by atoms with van der Waals surface area (Å²) in [5, 5.41) is 21.3. The number of carboxylic acids is 1. The molecular formula is C16H17N2NaO4S. The summed E-state index contributed by atoms with van der Waals surface area (Å²) in [6.45, 7) is 3.47. The third-order valence-electron chi connectivity index (χ3n) is 4.55. The predicted molar refractivity (Wildman–Crippen MR) is 82.0 cm³/mol. The number of carbonyl (C=O) groups is 2. The van der Waals surface area contributed by atoms with E-state index in [-0.39, 0.29) is 53.1 Å². The first kappa shape index (κ1) is 19.5. The number of amides is 1. The maximum Gasteiger partial charge on any atom is 1.00 e. The molecule has 3 rings (SSSR count). The molecule has 1 N–H and O–H groups in total. The van der Waals surface area contributed by atoms with Crippen molar-refractivity contribution >= 4 is 23.6 Å². The van der Waals surface area contributed by atoms with Crippen LogP contribution in [0.5, 0.6) is 0 Å². The van der Waals surface area contributed by atoms with Gasteiger partial charge in [-0.2, -0.15) is 0 Å². The van der Waals surface area contributed by atoms with Gasteiger partial charge in [0.15, 0.2) is 0 Å². The summed E-state index contributed by atoms with van der Waals surface area (Å²) in [5.41, 5.74) is 0.666. The van der Waals surface area contributed by atoms with Crippen molar-refractivity contribution in [2.75, 3.05) is 5.75 Å². The van der Waals surface area contributed by atoms with Crippen LogP contribution in [-0.4, -0.2) is 44.8 Å². The topological polar surface area (TPSA) is 93.6 Å². The molecule has 24 heavy (non-hydrogen) atoms. The normalized spacial score (nSPS) is 26.5. The molecule has 6 nitrogen and oxygen atoms in total. The van der Waals surface area contributed by atoms with E-state index in [9.17, 15) is 19.8 Å². The van der Waals surface area contributed by atoms with Crippen molar-refractivity contribution in [1.82, 2.24) is 9.88 Å². The summed E-state index contributed by atoms with van der Waals surface area (Å²) in [4.78, 5) is 29.9. The van der Waals surface area contributed by atoms with Crippen molar-refractivity contribution in [3.05, 3.63) is 35.8 Å². The van der Waals surface area contributed by atoms with Crippen LogP contribution >= 0.6 is 11.8 Å². The molecule has 0 radical (unpaired) electrons. The van der Waals surface area contributed by atoms with E-state index in [1.165, 1.54) is 16.7 Å². The Morgan fingerprint density at radius 1 is 1.46 bits per heavy atom. The van der Waals surface area contributed by atoms with Crippen molar-refractivity contribution in [3.8, 4) is 0 Å². The van der Waals surface area contributed by atoms with E-state index in [2.05, 4.69) is 4.98 Å². The number of fused-ring (bicyclic) bond motifs is 1. The molecule has 2 aliphatic heterocycles. The Hall–Kier alpha value is -0.860. The van der Waals surface area contributed by atoms with Crippen LogP contribution in [0.1, 0.15) is 13.8 Å². The molecule has 1 aromatic rings. The Bertz CT molecular complexity index is 680. The maximum absolute atomic E-state index is 12.2. The maximum atomic E-state index is 12.2. The molecular weight excluding hydrogens is 339 g/mol. The average Bonchev–Trinajstić information content (AvgIpc) is 2.75. The van der Waals surface area contributed by atoms with Crippen molar-refractivity contribution in [1.29, 1.82) is 0 Å². The molecule has 1 amide bonds. The van der Waals surface area contributed by atoms with Gasteiger partial charge < -0.3 is 19.9 Å². The first-order chi connectivity index (χ1) is 10.9. The van der Waals surface area contributed by atoms with Crippen molar-refractivity contribution in [2.24, 2.45) is 11.8 Å². The van der Waals surface area contributed by atoms with Gasteiger partial charge in [-0.15, -0.1) is 11.8 Å². The molecule has 1 aromatic heterocycles. The number of rotatable bonds is 5. The van der Waals surface area contributed by atoms with Gasteiger partial charge in [0.2, 0.25) is 5.91 Å². The average molecular weight is 356 g/mol. The minimum Gasteiger partial charge on any atom is -0.543 e. The third kappa shape index (κ3) is 3.15. The number of pyridine rings is 1. The van der Waals surface area contributed by atoms with Gasteiger partial charge in [0.05, 0.1) is 29.7 Å². The number of aliphatic carboxylic acids is 1. The molecule has 3 heterocycles. The monoisotopic (exact) mass is 356 g/mol. The zero-order valence-corrected chi connectivity index (χ0v) is 16.6. The van der Waals surface area contributed by atoms with Gasteiger partial charge in [0, 0.05) is 29.0 Å². The van der Waals surface area contributed by atoms with Crippen LogP contribution in [0.2, 0.25) is 0 Å². The van der Waals surface area contributed by atoms with Gasteiger partial charge >= 0.3 is 29.6 Å². The van der Waals surface area contributed by atoms with Gasteiger partial charge in [-0.3, -0.25) is 9.78 Å². The summed E-state index contributed by atoms with van der Waals surface area (Å²) in [6, 6.07) is 3.41. The summed E-state index contributed by atoms with van der Waals surface area (Å²) in [6.07, 6.45) is 2.56. The number of thioether (sulfide) groups is 1. The molecule has 0 saturated carbocycles. The van der Waals surface area contributed by atoms with Crippen LogP contribution < -0.4 is 34.7 Å². The first-order valence-corrected chi connectivity index (χ1v) is 8.40. The number of aromatic nitrogens is 1. The number of aliphatic hydroxyl groups excluding tert-OH is 1. The summed E-state index contributed by atoms with van der Waals surface area (Å²) < 4.78 is 0. The number of carboxylic acid groups (broad SMARTS) is 1. The van der Waals surface area contributed by atoms with E-state index in [1.54, 1.807) is 19.3 Å². The fourth-order valence-corrected chi connectivity index (χ4v) is 4.45. The van der Waals surface area contributed by atoms with E-state index in [4.69, 9.17) is 0 Å². The molecule has 0 bridgehead atoms. The number of hydrogen-bond donors (Lipinski definition) is 1. The number of hydrogen-bond acceptors (Lipinski definition) is 6. The summed E-state index contributed by atoms with van der Waals surface area (Å²) >= 11 is 1.50. The van der Waals surface area contributed by atoms with Gasteiger partial charge in [0.25, 0.3) is 0 Å². The van der Waals surface area contributed by atoms with Gasteiger partial charge in [-0.05, 0) is 24.6 Å². The van der Waals surface area contributed by atoms with Crippen molar-refractivity contribution < 1.29 is 49.4 Å². The molecule has 0 aliphatic carbocycles. The first-order valence-electron chi connectivity index (χ1n) is 7.41. The Morgan fingerprint density at radius 2 is 2.08 bits per heavy atom. The van der Waals surface area contributed by atoms with Crippen LogP contribution in [-0.2, 0) is 9.59 Å². The number of β-lactam (4-membered cyclic amide) rings is 1. The van der Waals surface area contributed by atoms with Crippen LogP contribution in [0.25, 0.3) is 0 Å². The molecule has 1 saturated heterocycles. The summed E-state index contributed by atoms with van der Waals surface area (Å²) in [7, 11) is 0. The molecule has 1 fully saturated rings. The van der Waals surface area contributed by atoms with Gasteiger partial charge in [0.1, 0.15) is 0 Å². The van der Waals surface area contributed by atoms with E-state index in [0.717, 1.165) is 4.90 Å². The fraction of sp³-hybridized carbons (Fsp3) is 0.438. The Kier molecular flexibility index (Phi) is 6.14. The quantitative estimate of drug-likeness (QED) is 0.344. The zero-order valence-electron chi connectivity index (χ0n) is 13.8. The summed E-state index contributed by atoms with van der Waals surface area (Å²) in [5.74, 6) is -1.86. The van der Waals surface area contributed by atoms with Crippen LogP contribution in [0.3, 0.4) is 0 Å². The fourth-order valence-electron chi connectivity index (χ4n) is 3.42. The Labute approximate surface area is 166 Å². The van der Waals surface area contributed by atoms with E-state index >= 15 is 0 Å². The second-order valence-corrected chi connectivity index (χ2v) is 6.94. The van der Waals surface area contributed by atoms with Crippen LogP contribution in [0, 0.1) is 11.8 Å².